The first kappa shape index (κ1) is 23.2. The van der Waals surface area contributed by atoms with E-state index in [9.17, 15) is 31.2 Å². The Kier molecular flexibility index (Phi) is 5.92. The quantitative estimate of drug-likeness (QED) is 0.517. The molecule has 6 nitrogen and oxygen atoms in total. The zero-order valence-electron chi connectivity index (χ0n) is 17.5. The van der Waals surface area contributed by atoms with Crippen LogP contribution in [0.15, 0.2) is 41.4 Å². The highest BCUT2D eigenvalue weighted by Gasteiger charge is 2.39. The third kappa shape index (κ3) is 4.32. The topological polar surface area (TPSA) is 87.8 Å². The number of sulfonamides is 1. The lowest BCUT2D eigenvalue weighted by atomic mass is 10.1. The van der Waals surface area contributed by atoms with Crippen molar-refractivity contribution in [1.82, 2.24) is 14.3 Å². The molecule has 0 radical (unpaired) electrons. The van der Waals surface area contributed by atoms with Gasteiger partial charge in [0.05, 0.1) is 22.5 Å². The molecule has 2 heterocycles. The average Bonchev–Trinajstić information content (AvgIpc) is 3.38. The van der Waals surface area contributed by atoms with Gasteiger partial charge in [0.15, 0.2) is 0 Å². The Morgan fingerprint density at radius 3 is 2.48 bits per heavy atom. The van der Waals surface area contributed by atoms with Crippen LogP contribution in [0.5, 0.6) is 0 Å². The van der Waals surface area contributed by atoms with E-state index >= 15 is 0 Å². The summed E-state index contributed by atoms with van der Waals surface area (Å²) in [5, 5.41) is 10.3. The maximum Gasteiger partial charge on any atom is 0.404 e. The van der Waals surface area contributed by atoms with Gasteiger partial charge < -0.3 is 4.57 Å². The van der Waals surface area contributed by atoms with Crippen molar-refractivity contribution in [1.29, 1.82) is 5.26 Å². The SMILES string of the molecule is C[C@H](NS(=O)(=O)c1ccc(-c2c(C#N)c3cc(F)ccc3n2C2CCCC2)nc1)C(F)(F)F. The standard InChI is InChI=1S/C22H20F4N4O2S/c1-13(22(24,25)26)29-33(31,32)16-7-8-19(28-12-16)21-18(11-27)17-10-14(23)6-9-20(17)30(21)15-4-2-3-5-15/h6-10,12-13,15,29H,2-5H2,1H3/t13-/m0/s1. The molecule has 0 amide bonds. The molecule has 33 heavy (non-hydrogen) atoms. The summed E-state index contributed by atoms with van der Waals surface area (Å²) in [6.07, 6.45) is -0.0463. The number of nitrogens with one attached hydrogen (secondary N) is 1. The first-order valence-electron chi connectivity index (χ1n) is 10.3. The molecule has 1 aliphatic rings. The molecule has 1 atom stereocenters. The van der Waals surface area contributed by atoms with Gasteiger partial charge in [-0.15, -0.1) is 0 Å². The van der Waals surface area contributed by atoms with Crippen LogP contribution >= 0.6 is 0 Å². The first-order chi connectivity index (χ1) is 15.5. The number of hydrogen-bond donors (Lipinski definition) is 1. The number of fused-ring (bicyclic) bond motifs is 1. The second kappa shape index (κ2) is 8.43. The number of aromatic nitrogens is 2. The van der Waals surface area contributed by atoms with Crippen LogP contribution in [0.3, 0.4) is 0 Å². The molecule has 11 heteroatoms. The van der Waals surface area contributed by atoms with Gasteiger partial charge in [0.25, 0.3) is 0 Å². The van der Waals surface area contributed by atoms with Gasteiger partial charge in [-0.25, -0.2) is 12.8 Å². The van der Waals surface area contributed by atoms with Crippen molar-refractivity contribution in [3.8, 4) is 17.5 Å². The maximum atomic E-state index is 14.0. The van der Waals surface area contributed by atoms with E-state index < -0.39 is 33.0 Å². The molecule has 0 unspecified atom stereocenters. The van der Waals surface area contributed by atoms with Crippen LogP contribution in [0.1, 0.15) is 44.2 Å². The smallest absolute Gasteiger partial charge is 0.335 e. The summed E-state index contributed by atoms with van der Waals surface area (Å²) in [5.41, 5.74) is 1.60. The Labute approximate surface area is 187 Å². The molecule has 0 aliphatic heterocycles. The van der Waals surface area contributed by atoms with E-state index in [0.717, 1.165) is 37.9 Å². The predicted molar refractivity (Wildman–Crippen MR) is 113 cm³/mol. The predicted octanol–water partition coefficient (Wildman–Crippen LogP) is 5.06. The normalized spacial score (nSPS) is 16.2. The van der Waals surface area contributed by atoms with Crippen LogP contribution in [-0.4, -0.2) is 30.2 Å². The van der Waals surface area contributed by atoms with E-state index in [4.69, 9.17) is 0 Å². The summed E-state index contributed by atoms with van der Waals surface area (Å²) in [6.45, 7) is 0.706. The summed E-state index contributed by atoms with van der Waals surface area (Å²) in [7, 11) is -4.47. The number of halogens is 4. The number of benzene rings is 1. The van der Waals surface area contributed by atoms with E-state index in [-0.39, 0.29) is 17.3 Å². The molecular formula is C22H20F4N4O2S. The van der Waals surface area contributed by atoms with Crippen molar-refractivity contribution in [3.05, 3.63) is 47.9 Å². The highest BCUT2D eigenvalue weighted by Crippen LogP contribution is 2.41. The fourth-order valence-electron chi connectivity index (χ4n) is 4.24. The van der Waals surface area contributed by atoms with E-state index in [1.165, 1.54) is 18.2 Å². The van der Waals surface area contributed by atoms with E-state index in [1.807, 2.05) is 4.57 Å². The molecule has 1 aliphatic carbocycles. The largest absolute Gasteiger partial charge is 0.404 e. The van der Waals surface area contributed by atoms with Crippen molar-refractivity contribution in [2.75, 3.05) is 0 Å². The Morgan fingerprint density at radius 1 is 1.21 bits per heavy atom. The second-order valence-electron chi connectivity index (χ2n) is 8.07. The van der Waals surface area contributed by atoms with Crippen LogP contribution in [-0.2, 0) is 10.0 Å². The molecule has 0 saturated heterocycles. The van der Waals surface area contributed by atoms with Crippen molar-refractivity contribution >= 4 is 20.9 Å². The van der Waals surface area contributed by atoms with Gasteiger partial charge in [0, 0.05) is 17.6 Å². The van der Waals surface area contributed by atoms with Gasteiger partial charge in [-0.2, -0.15) is 23.2 Å². The monoisotopic (exact) mass is 480 g/mol. The molecule has 1 saturated carbocycles. The summed E-state index contributed by atoms with van der Waals surface area (Å²) in [6, 6.07) is 6.60. The molecule has 174 valence electrons. The number of alkyl halides is 3. The van der Waals surface area contributed by atoms with Gasteiger partial charge in [-0.1, -0.05) is 12.8 Å². The molecule has 3 aromatic rings. The molecule has 0 bridgehead atoms. The first-order valence-corrected chi connectivity index (χ1v) is 11.8. The Hall–Kier alpha value is -2.97. The van der Waals surface area contributed by atoms with E-state index in [1.54, 1.807) is 10.8 Å². The van der Waals surface area contributed by atoms with Gasteiger partial charge in [-0.05, 0) is 50.1 Å². The van der Waals surface area contributed by atoms with Crippen LogP contribution in [0.2, 0.25) is 0 Å². The molecule has 0 spiro atoms. The van der Waals surface area contributed by atoms with Crippen LogP contribution in [0.4, 0.5) is 17.6 Å². The number of pyridine rings is 1. The van der Waals surface area contributed by atoms with Crippen molar-refractivity contribution in [2.45, 2.75) is 55.8 Å². The van der Waals surface area contributed by atoms with E-state index in [0.29, 0.717) is 23.5 Å². The molecular weight excluding hydrogens is 460 g/mol. The molecule has 1 N–H and O–H groups in total. The lowest BCUT2D eigenvalue weighted by molar-refractivity contribution is -0.147. The average molecular weight is 480 g/mol. The minimum atomic E-state index is -4.74. The number of rotatable bonds is 5. The fraction of sp³-hybridized carbons (Fsp3) is 0.364. The zero-order valence-corrected chi connectivity index (χ0v) is 18.3. The minimum Gasteiger partial charge on any atom is -0.335 e. The highest BCUT2D eigenvalue weighted by molar-refractivity contribution is 7.89. The Morgan fingerprint density at radius 2 is 1.91 bits per heavy atom. The lowest BCUT2D eigenvalue weighted by Gasteiger charge is -2.18. The van der Waals surface area contributed by atoms with Gasteiger partial charge in [0.2, 0.25) is 10.0 Å². The van der Waals surface area contributed by atoms with Crippen molar-refractivity contribution in [2.24, 2.45) is 0 Å². The minimum absolute atomic E-state index is 0.0644. The second-order valence-corrected chi connectivity index (χ2v) is 9.78. The molecule has 2 aromatic heterocycles. The Bertz CT molecular complexity index is 1340. The van der Waals surface area contributed by atoms with Gasteiger partial charge >= 0.3 is 6.18 Å². The lowest BCUT2D eigenvalue weighted by Crippen LogP contribution is -2.42. The summed E-state index contributed by atoms with van der Waals surface area (Å²) in [5.74, 6) is -0.492. The Balaban J connectivity index is 1.81. The van der Waals surface area contributed by atoms with Crippen molar-refractivity contribution < 1.29 is 26.0 Å². The van der Waals surface area contributed by atoms with Crippen LogP contribution in [0, 0.1) is 17.1 Å². The summed E-state index contributed by atoms with van der Waals surface area (Å²) >= 11 is 0. The molecule has 1 aromatic carbocycles. The van der Waals surface area contributed by atoms with Crippen LogP contribution < -0.4 is 4.72 Å². The molecule has 1 fully saturated rings. The zero-order chi connectivity index (χ0) is 24.0. The van der Waals surface area contributed by atoms with Crippen molar-refractivity contribution in [3.63, 3.8) is 0 Å². The third-order valence-corrected chi connectivity index (χ3v) is 7.40. The third-order valence-electron chi connectivity index (χ3n) is 5.88. The highest BCUT2D eigenvalue weighted by atomic mass is 32.2. The van der Waals surface area contributed by atoms with E-state index in [2.05, 4.69) is 11.1 Å². The van der Waals surface area contributed by atoms with Gasteiger partial charge in [-0.3, -0.25) is 4.98 Å². The maximum absolute atomic E-state index is 14.0. The number of hydrogen-bond acceptors (Lipinski definition) is 4. The van der Waals surface area contributed by atoms with Gasteiger partial charge in [0.1, 0.15) is 22.8 Å². The summed E-state index contributed by atoms with van der Waals surface area (Å²) < 4.78 is 80.6. The molecule has 4 rings (SSSR count). The summed E-state index contributed by atoms with van der Waals surface area (Å²) in [4.78, 5) is 3.74. The fourth-order valence-corrected chi connectivity index (χ4v) is 5.41. The number of nitrogens with zero attached hydrogens (tertiary/aromatic N) is 3. The number of nitriles is 1. The van der Waals surface area contributed by atoms with Crippen LogP contribution in [0.25, 0.3) is 22.3 Å².